The molecule has 4 rings (SSSR count). The summed E-state index contributed by atoms with van der Waals surface area (Å²) in [5, 5.41) is 2.87. The number of aryl methyl sites for hydroxylation is 1. The van der Waals surface area contributed by atoms with Crippen LogP contribution < -0.4 is 20.2 Å². The predicted octanol–water partition coefficient (Wildman–Crippen LogP) is 5.94. The lowest BCUT2D eigenvalue weighted by Crippen LogP contribution is -2.46. The zero-order chi connectivity index (χ0) is 27.3. The third-order valence-electron chi connectivity index (χ3n) is 5.43. The van der Waals surface area contributed by atoms with Crippen molar-refractivity contribution in [1.82, 2.24) is 5.32 Å². The second kappa shape index (κ2) is 11.2. The van der Waals surface area contributed by atoms with Crippen molar-refractivity contribution < 1.29 is 28.2 Å². The van der Waals surface area contributed by atoms with Gasteiger partial charge in [-0.2, -0.15) is 0 Å². The Hall–Kier alpha value is -4.59. The Balaban J connectivity index is 1.57. The number of benzene rings is 3. The van der Waals surface area contributed by atoms with Gasteiger partial charge in [0.05, 0.1) is 5.39 Å². The van der Waals surface area contributed by atoms with Crippen LogP contribution in [0.25, 0.3) is 11.0 Å². The number of hydrogen-bond donors (Lipinski definition) is 1. The smallest absolute Gasteiger partial charge is 0.408 e. The fourth-order valence-electron chi connectivity index (χ4n) is 3.74. The van der Waals surface area contributed by atoms with Gasteiger partial charge >= 0.3 is 12.1 Å². The third-order valence-corrected chi connectivity index (χ3v) is 5.43. The highest BCUT2D eigenvalue weighted by molar-refractivity contribution is 5.85. The van der Waals surface area contributed by atoms with Gasteiger partial charge in [0.1, 0.15) is 34.5 Å². The number of carbonyl (C=O) groups excluding carboxylic acids is 2. The Morgan fingerprint density at radius 2 is 1.58 bits per heavy atom. The summed E-state index contributed by atoms with van der Waals surface area (Å²) in [5.74, 6) is 0.337. The summed E-state index contributed by atoms with van der Waals surface area (Å²) in [4.78, 5) is 38.6. The van der Waals surface area contributed by atoms with Gasteiger partial charge in [-0.1, -0.05) is 48.5 Å². The van der Waals surface area contributed by atoms with Gasteiger partial charge in [0, 0.05) is 12.5 Å². The molecule has 1 amide bonds. The summed E-state index contributed by atoms with van der Waals surface area (Å²) in [6, 6.07) is 21.6. The maximum Gasteiger partial charge on any atom is 0.408 e. The van der Waals surface area contributed by atoms with E-state index in [1.54, 1.807) is 52.0 Å². The lowest BCUT2D eigenvalue weighted by Gasteiger charge is -2.23. The molecule has 3 aromatic carbocycles. The second-order valence-electron chi connectivity index (χ2n) is 9.70. The van der Waals surface area contributed by atoms with Crippen LogP contribution in [0.15, 0.2) is 88.1 Å². The van der Waals surface area contributed by atoms with Gasteiger partial charge in [-0.05, 0) is 57.5 Å². The second-order valence-corrected chi connectivity index (χ2v) is 9.70. The van der Waals surface area contributed by atoms with Gasteiger partial charge in [-0.25, -0.2) is 9.59 Å². The van der Waals surface area contributed by atoms with Crippen molar-refractivity contribution in [1.29, 1.82) is 0 Å². The highest BCUT2D eigenvalue weighted by Crippen LogP contribution is 2.27. The fraction of sp³-hybridized carbons (Fsp3) is 0.233. The number of alkyl carbamates (subject to hydrolysis) is 1. The van der Waals surface area contributed by atoms with Crippen molar-refractivity contribution in [2.45, 2.75) is 45.8 Å². The topological polar surface area (TPSA) is 104 Å². The van der Waals surface area contributed by atoms with Gasteiger partial charge in [0.2, 0.25) is 11.2 Å². The summed E-state index contributed by atoms with van der Waals surface area (Å²) in [6.45, 7) is 6.83. The zero-order valence-electron chi connectivity index (χ0n) is 21.6. The maximum absolute atomic E-state index is 13.1. The Kier molecular flexibility index (Phi) is 7.81. The van der Waals surface area contributed by atoms with Crippen LogP contribution in [0.3, 0.4) is 0 Å². The lowest BCUT2D eigenvalue weighted by atomic mass is 10.1. The summed E-state index contributed by atoms with van der Waals surface area (Å²) >= 11 is 0. The van der Waals surface area contributed by atoms with Crippen LogP contribution in [-0.4, -0.2) is 23.7 Å². The number of ether oxygens (including phenoxy) is 3. The lowest BCUT2D eigenvalue weighted by molar-refractivity contribution is -0.136. The number of carbonyl (C=O) groups is 2. The number of fused-ring (bicyclic) bond motifs is 1. The SMILES string of the molecule is Cc1oc2cc(OC(=O)C(Cc3ccccc3)NC(=O)OC(C)(C)C)ccc2c(=O)c1Oc1ccccc1. The molecule has 1 heterocycles. The quantitative estimate of drug-likeness (QED) is 0.240. The monoisotopic (exact) mass is 515 g/mol. The molecule has 0 saturated carbocycles. The highest BCUT2D eigenvalue weighted by atomic mass is 16.6. The molecular formula is C30H29NO7. The first-order chi connectivity index (χ1) is 18.1. The molecule has 4 aromatic rings. The van der Waals surface area contributed by atoms with Crippen LogP contribution in [0, 0.1) is 6.92 Å². The van der Waals surface area contributed by atoms with Gasteiger partial charge in [0.25, 0.3) is 0 Å². The molecule has 0 bridgehead atoms. The number of esters is 1. The summed E-state index contributed by atoms with van der Waals surface area (Å²) < 4.78 is 22.5. The van der Waals surface area contributed by atoms with E-state index in [2.05, 4.69) is 5.32 Å². The van der Waals surface area contributed by atoms with Crippen molar-refractivity contribution in [2.24, 2.45) is 0 Å². The van der Waals surface area contributed by atoms with Crippen molar-refractivity contribution in [3.8, 4) is 17.2 Å². The van der Waals surface area contributed by atoms with Gasteiger partial charge < -0.3 is 23.9 Å². The summed E-state index contributed by atoms with van der Waals surface area (Å²) in [7, 11) is 0. The van der Waals surface area contributed by atoms with Gasteiger partial charge in [0.15, 0.2) is 0 Å². The first kappa shape index (κ1) is 26.5. The average molecular weight is 516 g/mol. The van der Waals surface area contributed by atoms with E-state index in [-0.39, 0.29) is 40.1 Å². The molecule has 1 unspecified atom stereocenters. The minimum Gasteiger partial charge on any atom is -0.457 e. The standard InChI is InChI=1S/C30H29NO7/c1-19-27(36-21-13-9-6-10-14-21)26(32)23-16-15-22(18-25(23)35-19)37-28(33)24(17-20-11-7-5-8-12-20)31-29(34)38-30(2,3)4/h5-16,18,24H,17H2,1-4H3,(H,31,34). The van der Waals surface area contributed by atoms with E-state index in [9.17, 15) is 14.4 Å². The molecule has 196 valence electrons. The molecule has 38 heavy (non-hydrogen) atoms. The van der Waals surface area contributed by atoms with E-state index < -0.39 is 23.7 Å². The van der Waals surface area contributed by atoms with E-state index in [0.29, 0.717) is 5.75 Å². The van der Waals surface area contributed by atoms with Crippen LogP contribution in [-0.2, 0) is 16.0 Å². The predicted molar refractivity (Wildman–Crippen MR) is 143 cm³/mol. The molecule has 1 aromatic heterocycles. The summed E-state index contributed by atoms with van der Waals surface area (Å²) in [5.41, 5.74) is -0.0178. The molecule has 0 aliphatic carbocycles. The largest absolute Gasteiger partial charge is 0.457 e. The van der Waals surface area contributed by atoms with Crippen LogP contribution in [0.5, 0.6) is 17.2 Å². The molecule has 1 N–H and O–H groups in total. The van der Waals surface area contributed by atoms with E-state index in [1.807, 2.05) is 36.4 Å². The number of para-hydroxylation sites is 1. The first-order valence-corrected chi connectivity index (χ1v) is 12.1. The molecule has 0 saturated heterocycles. The van der Waals surface area contributed by atoms with Crippen LogP contribution in [0.4, 0.5) is 4.79 Å². The van der Waals surface area contributed by atoms with E-state index in [0.717, 1.165) is 5.56 Å². The fourth-order valence-corrected chi connectivity index (χ4v) is 3.74. The Labute approximate surface area is 220 Å². The Morgan fingerprint density at radius 3 is 2.24 bits per heavy atom. The van der Waals surface area contributed by atoms with Crippen molar-refractivity contribution in [2.75, 3.05) is 0 Å². The van der Waals surface area contributed by atoms with Crippen molar-refractivity contribution >= 4 is 23.0 Å². The molecule has 0 aliphatic heterocycles. The molecule has 0 spiro atoms. The molecule has 0 fully saturated rings. The number of hydrogen-bond acceptors (Lipinski definition) is 7. The van der Waals surface area contributed by atoms with Gasteiger partial charge in [-0.3, -0.25) is 4.79 Å². The van der Waals surface area contributed by atoms with Gasteiger partial charge in [-0.15, -0.1) is 0 Å². The van der Waals surface area contributed by atoms with Crippen molar-refractivity contribution in [3.63, 3.8) is 0 Å². The molecule has 0 radical (unpaired) electrons. The highest BCUT2D eigenvalue weighted by Gasteiger charge is 2.27. The van der Waals surface area contributed by atoms with E-state index >= 15 is 0 Å². The molecule has 1 atom stereocenters. The molecule has 8 nitrogen and oxygen atoms in total. The maximum atomic E-state index is 13.1. The van der Waals surface area contributed by atoms with Crippen LogP contribution in [0.2, 0.25) is 0 Å². The van der Waals surface area contributed by atoms with Crippen molar-refractivity contribution in [3.05, 3.63) is 100 Å². The van der Waals surface area contributed by atoms with E-state index in [1.165, 1.54) is 18.2 Å². The first-order valence-electron chi connectivity index (χ1n) is 12.1. The number of nitrogens with one attached hydrogen (secondary N) is 1. The third kappa shape index (κ3) is 6.79. The van der Waals surface area contributed by atoms with Crippen LogP contribution >= 0.6 is 0 Å². The van der Waals surface area contributed by atoms with Crippen LogP contribution in [0.1, 0.15) is 32.1 Å². The van der Waals surface area contributed by atoms with E-state index in [4.69, 9.17) is 18.6 Å². The number of rotatable bonds is 7. The molecule has 0 aliphatic rings. The Morgan fingerprint density at radius 1 is 0.921 bits per heavy atom. The summed E-state index contributed by atoms with van der Waals surface area (Å²) in [6.07, 6.45) is -0.539. The average Bonchev–Trinajstić information content (AvgIpc) is 2.86. The molecular weight excluding hydrogens is 486 g/mol. The molecule has 8 heteroatoms. The zero-order valence-corrected chi connectivity index (χ0v) is 21.6. The minimum atomic E-state index is -1.02. The number of amides is 1. The normalized spacial score (nSPS) is 12.0. The minimum absolute atomic E-state index is 0.0814. The Bertz CT molecular complexity index is 1490.